The van der Waals surface area contributed by atoms with Crippen LogP contribution in [-0.2, 0) is 17.5 Å². The van der Waals surface area contributed by atoms with Gasteiger partial charge in [-0.1, -0.05) is 36.4 Å². The minimum atomic E-state index is -1.67. The van der Waals surface area contributed by atoms with Crippen molar-refractivity contribution < 1.29 is 9.32 Å². The fraction of sp³-hybridized carbons (Fsp3) is 0.350. The van der Waals surface area contributed by atoms with Gasteiger partial charge in [0.25, 0.3) is 0 Å². The van der Waals surface area contributed by atoms with Crippen LogP contribution in [0.25, 0.3) is 22.5 Å². The Morgan fingerprint density at radius 2 is 1.97 bits per heavy atom. The zero-order chi connectivity index (χ0) is 20.6. The summed E-state index contributed by atoms with van der Waals surface area (Å²) in [6.07, 6.45) is 0. The maximum absolute atomic E-state index is 12.0. The lowest BCUT2D eigenvalue weighted by Crippen LogP contribution is -2.55. The zero-order valence-corrected chi connectivity index (χ0v) is 17.2. The SMILES string of the molecule is CC(C)(O)C1CN(Cc2ccc(-c3cccc(S(N)=O)c3-c3nn[nH]n3)cc2)C1. The summed E-state index contributed by atoms with van der Waals surface area (Å²) in [7, 11) is -1.67. The molecule has 0 spiro atoms. The number of hydrogen-bond donors (Lipinski definition) is 3. The molecule has 0 amide bonds. The van der Waals surface area contributed by atoms with E-state index >= 15 is 0 Å². The van der Waals surface area contributed by atoms with Gasteiger partial charge in [0.2, 0.25) is 5.82 Å². The maximum Gasteiger partial charge on any atom is 0.206 e. The normalized spacial score (nSPS) is 16.6. The molecule has 1 aromatic heterocycles. The van der Waals surface area contributed by atoms with Crippen LogP contribution in [-0.4, -0.2) is 53.5 Å². The third kappa shape index (κ3) is 4.13. The van der Waals surface area contributed by atoms with Crippen LogP contribution >= 0.6 is 0 Å². The topological polar surface area (TPSA) is 121 Å². The van der Waals surface area contributed by atoms with Crippen LogP contribution in [0.1, 0.15) is 19.4 Å². The Morgan fingerprint density at radius 3 is 2.55 bits per heavy atom. The summed E-state index contributed by atoms with van der Waals surface area (Å²) in [4.78, 5) is 2.78. The van der Waals surface area contributed by atoms with E-state index in [4.69, 9.17) is 5.14 Å². The van der Waals surface area contributed by atoms with Crippen molar-refractivity contribution in [1.29, 1.82) is 0 Å². The number of nitrogens with two attached hydrogens (primary N) is 1. The summed E-state index contributed by atoms with van der Waals surface area (Å²) in [6.45, 7) is 6.38. The second-order valence-electron chi connectivity index (χ2n) is 7.95. The second kappa shape index (κ2) is 7.75. The molecule has 1 saturated heterocycles. The predicted molar refractivity (Wildman–Crippen MR) is 111 cm³/mol. The number of aliphatic hydroxyl groups is 1. The third-order valence-electron chi connectivity index (χ3n) is 5.44. The van der Waals surface area contributed by atoms with Crippen molar-refractivity contribution in [3.8, 4) is 22.5 Å². The van der Waals surface area contributed by atoms with Gasteiger partial charge in [0, 0.05) is 31.1 Å². The Balaban J connectivity index is 1.57. The van der Waals surface area contributed by atoms with E-state index in [2.05, 4.69) is 37.7 Å². The average molecular weight is 413 g/mol. The fourth-order valence-electron chi connectivity index (χ4n) is 3.63. The summed E-state index contributed by atoms with van der Waals surface area (Å²) in [5.41, 5.74) is 2.99. The number of aromatic amines is 1. The molecule has 0 saturated carbocycles. The first-order valence-corrected chi connectivity index (χ1v) is 10.6. The van der Waals surface area contributed by atoms with Gasteiger partial charge < -0.3 is 5.11 Å². The van der Waals surface area contributed by atoms with Crippen molar-refractivity contribution in [2.75, 3.05) is 13.1 Å². The van der Waals surface area contributed by atoms with E-state index in [1.165, 1.54) is 5.56 Å². The van der Waals surface area contributed by atoms with Crippen molar-refractivity contribution in [3.05, 3.63) is 48.0 Å². The summed E-state index contributed by atoms with van der Waals surface area (Å²) in [5.74, 6) is 0.677. The lowest BCUT2D eigenvalue weighted by atomic mass is 9.84. The first-order valence-electron chi connectivity index (χ1n) is 9.40. The molecule has 4 rings (SSSR count). The molecule has 1 aliphatic rings. The Bertz CT molecular complexity index is 1010. The number of aromatic nitrogens is 4. The van der Waals surface area contributed by atoms with E-state index < -0.39 is 16.6 Å². The second-order valence-corrected chi connectivity index (χ2v) is 8.99. The number of benzene rings is 2. The molecule has 1 fully saturated rings. The lowest BCUT2D eigenvalue weighted by molar-refractivity contribution is -0.0647. The van der Waals surface area contributed by atoms with Gasteiger partial charge in [-0.15, -0.1) is 10.2 Å². The molecule has 0 bridgehead atoms. The van der Waals surface area contributed by atoms with Crippen molar-refractivity contribution >= 4 is 11.0 Å². The summed E-state index contributed by atoms with van der Waals surface area (Å²) in [5, 5.41) is 29.9. The number of rotatable bonds is 6. The summed E-state index contributed by atoms with van der Waals surface area (Å²) < 4.78 is 12.0. The van der Waals surface area contributed by atoms with Crippen LogP contribution in [0.2, 0.25) is 0 Å². The number of nitrogens with zero attached hydrogens (tertiary/aromatic N) is 4. The Labute approximate surface area is 171 Å². The van der Waals surface area contributed by atoms with Crippen LogP contribution in [0, 0.1) is 5.92 Å². The standard InChI is InChI=1S/C20H24N6O2S/c1-20(2,27)15-11-26(12-15)10-13-6-8-14(9-7-13)16-4-3-5-17(29(21)28)18(16)19-22-24-25-23-19/h3-9,15,27H,10-12,21H2,1-2H3,(H,22,23,24,25). The highest BCUT2D eigenvalue weighted by Crippen LogP contribution is 2.34. The smallest absolute Gasteiger partial charge is 0.206 e. The first kappa shape index (κ1) is 19.8. The van der Waals surface area contributed by atoms with Gasteiger partial charge in [0.05, 0.1) is 10.5 Å². The number of nitrogens with one attached hydrogen (secondary N) is 1. The molecule has 0 radical (unpaired) electrons. The number of H-pyrrole nitrogens is 1. The quantitative estimate of drug-likeness (QED) is 0.567. The molecule has 4 N–H and O–H groups in total. The molecule has 8 nitrogen and oxygen atoms in total. The maximum atomic E-state index is 12.0. The minimum absolute atomic E-state index is 0.319. The molecular formula is C20H24N6O2S. The monoisotopic (exact) mass is 412 g/mol. The van der Waals surface area contributed by atoms with E-state index in [-0.39, 0.29) is 0 Å². The molecule has 152 valence electrons. The van der Waals surface area contributed by atoms with E-state index in [1.807, 2.05) is 38.1 Å². The Kier molecular flexibility index (Phi) is 5.30. The minimum Gasteiger partial charge on any atom is -0.390 e. The van der Waals surface area contributed by atoms with Gasteiger partial charge in [-0.2, -0.15) is 5.21 Å². The molecule has 29 heavy (non-hydrogen) atoms. The van der Waals surface area contributed by atoms with E-state index in [1.54, 1.807) is 6.07 Å². The van der Waals surface area contributed by atoms with Crippen LogP contribution in [0.15, 0.2) is 47.4 Å². The summed E-state index contributed by atoms with van der Waals surface area (Å²) >= 11 is 0. The highest BCUT2D eigenvalue weighted by Gasteiger charge is 2.37. The fourth-order valence-corrected chi connectivity index (χ4v) is 4.25. The molecule has 1 unspecified atom stereocenters. The highest BCUT2D eigenvalue weighted by atomic mass is 32.2. The largest absolute Gasteiger partial charge is 0.390 e. The number of tetrazole rings is 1. The van der Waals surface area contributed by atoms with E-state index in [0.29, 0.717) is 22.2 Å². The van der Waals surface area contributed by atoms with E-state index in [0.717, 1.165) is 30.8 Å². The van der Waals surface area contributed by atoms with Crippen LogP contribution in [0.3, 0.4) is 0 Å². The molecule has 2 heterocycles. The average Bonchev–Trinajstić information content (AvgIpc) is 3.17. The zero-order valence-electron chi connectivity index (χ0n) is 16.4. The van der Waals surface area contributed by atoms with Crippen molar-refractivity contribution in [3.63, 3.8) is 0 Å². The van der Waals surface area contributed by atoms with Crippen molar-refractivity contribution in [2.24, 2.45) is 11.1 Å². The van der Waals surface area contributed by atoms with Crippen LogP contribution in [0.5, 0.6) is 0 Å². The van der Waals surface area contributed by atoms with Gasteiger partial charge in [0.15, 0.2) is 0 Å². The van der Waals surface area contributed by atoms with Crippen molar-refractivity contribution in [1.82, 2.24) is 25.5 Å². The van der Waals surface area contributed by atoms with Gasteiger partial charge in [-0.25, -0.2) is 9.35 Å². The molecule has 9 heteroatoms. The molecule has 1 atom stereocenters. The predicted octanol–water partition coefficient (Wildman–Crippen LogP) is 1.72. The van der Waals surface area contributed by atoms with Crippen LogP contribution in [0.4, 0.5) is 0 Å². The first-order chi connectivity index (χ1) is 13.8. The molecule has 1 aliphatic heterocycles. The Morgan fingerprint density at radius 1 is 1.24 bits per heavy atom. The molecule has 2 aromatic carbocycles. The van der Waals surface area contributed by atoms with Crippen LogP contribution < -0.4 is 5.14 Å². The van der Waals surface area contributed by atoms with Gasteiger partial charge >= 0.3 is 0 Å². The Hall–Kier alpha value is -2.46. The van der Waals surface area contributed by atoms with Crippen molar-refractivity contribution in [2.45, 2.75) is 30.9 Å². The molecular weight excluding hydrogens is 388 g/mol. The summed E-state index contributed by atoms with van der Waals surface area (Å²) in [6, 6.07) is 13.7. The molecule has 3 aromatic rings. The number of hydrogen-bond acceptors (Lipinski definition) is 6. The highest BCUT2D eigenvalue weighted by molar-refractivity contribution is 7.82. The van der Waals surface area contributed by atoms with Gasteiger partial charge in [-0.3, -0.25) is 4.90 Å². The molecule has 0 aliphatic carbocycles. The third-order valence-corrected chi connectivity index (χ3v) is 6.21. The van der Waals surface area contributed by atoms with Gasteiger partial charge in [0.1, 0.15) is 11.0 Å². The lowest BCUT2D eigenvalue weighted by Gasteiger charge is -2.45. The van der Waals surface area contributed by atoms with E-state index in [9.17, 15) is 9.32 Å². The number of likely N-dealkylation sites (tertiary alicyclic amines) is 1. The van der Waals surface area contributed by atoms with Gasteiger partial charge in [-0.05, 0) is 41.8 Å².